The molecular formula is C21H20FN3O. The number of carbonyl (C=O) groups is 1. The molecule has 26 heavy (non-hydrogen) atoms. The molecule has 2 aromatic carbocycles. The fourth-order valence-corrected chi connectivity index (χ4v) is 2.49. The van der Waals surface area contributed by atoms with E-state index in [1.165, 1.54) is 12.1 Å². The number of benzene rings is 2. The topological polar surface area (TPSA) is 54.0 Å². The number of hydrogen-bond acceptors (Lipinski definition) is 3. The summed E-state index contributed by atoms with van der Waals surface area (Å²) in [6.45, 7) is 0.574. The predicted molar refractivity (Wildman–Crippen MR) is 101 cm³/mol. The van der Waals surface area contributed by atoms with Crippen molar-refractivity contribution < 1.29 is 9.18 Å². The van der Waals surface area contributed by atoms with E-state index in [1.54, 1.807) is 24.4 Å². The van der Waals surface area contributed by atoms with Gasteiger partial charge in [-0.05, 0) is 41.8 Å². The Bertz CT molecular complexity index is 833. The monoisotopic (exact) mass is 349 g/mol. The maximum absolute atomic E-state index is 12.9. The van der Waals surface area contributed by atoms with Gasteiger partial charge in [-0.25, -0.2) is 9.37 Å². The van der Waals surface area contributed by atoms with Gasteiger partial charge in [-0.2, -0.15) is 0 Å². The van der Waals surface area contributed by atoms with E-state index in [0.717, 1.165) is 16.8 Å². The summed E-state index contributed by atoms with van der Waals surface area (Å²) in [6.07, 6.45) is 2.77. The van der Waals surface area contributed by atoms with Crippen LogP contribution in [0.5, 0.6) is 0 Å². The molecule has 0 atom stereocenters. The first kappa shape index (κ1) is 17.6. The van der Waals surface area contributed by atoms with Gasteiger partial charge in [0, 0.05) is 13.0 Å². The Morgan fingerprint density at radius 1 is 0.923 bits per heavy atom. The third-order valence-corrected chi connectivity index (χ3v) is 3.92. The molecule has 0 fully saturated rings. The van der Waals surface area contributed by atoms with Crippen molar-refractivity contribution in [3.8, 4) is 0 Å². The number of carbonyl (C=O) groups excluding carboxylic acids is 1. The van der Waals surface area contributed by atoms with Gasteiger partial charge in [0.15, 0.2) is 0 Å². The van der Waals surface area contributed by atoms with Crippen LogP contribution in [-0.4, -0.2) is 10.9 Å². The van der Waals surface area contributed by atoms with Gasteiger partial charge in [0.1, 0.15) is 11.6 Å². The molecule has 0 aliphatic rings. The zero-order valence-electron chi connectivity index (χ0n) is 14.3. The number of pyridine rings is 1. The van der Waals surface area contributed by atoms with Crippen molar-refractivity contribution in [2.75, 3.05) is 10.6 Å². The smallest absolute Gasteiger partial charge is 0.225 e. The van der Waals surface area contributed by atoms with Gasteiger partial charge >= 0.3 is 0 Å². The molecule has 132 valence electrons. The summed E-state index contributed by atoms with van der Waals surface area (Å²) in [6, 6.07) is 19.8. The zero-order valence-corrected chi connectivity index (χ0v) is 14.3. The van der Waals surface area contributed by atoms with Crippen molar-refractivity contribution in [2.45, 2.75) is 19.4 Å². The van der Waals surface area contributed by atoms with Gasteiger partial charge in [-0.15, -0.1) is 0 Å². The number of halogens is 1. The number of aromatic nitrogens is 1. The SMILES string of the molecule is O=C(CCc1ccccc1)Nc1ccc(NCc2ccc(F)cc2)cn1. The maximum Gasteiger partial charge on any atom is 0.225 e. The van der Waals surface area contributed by atoms with Crippen LogP contribution in [0.3, 0.4) is 0 Å². The van der Waals surface area contributed by atoms with Crippen LogP contribution in [0.25, 0.3) is 0 Å². The molecule has 0 saturated heterocycles. The van der Waals surface area contributed by atoms with Crippen LogP contribution in [-0.2, 0) is 17.8 Å². The lowest BCUT2D eigenvalue weighted by atomic mass is 10.1. The molecule has 3 aromatic rings. The average Bonchev–Trinajstić information content (AvgIpc) is 2.68. The zero-order chi connectivity index (χ0) is 18.2. The summed E-state index contributed by atoms with van der Waals surface area (Å²) in [5.74, 6) is 0.214. The summed E-state index contributed by atoms with van der Waals surface area (Å²) in [4.78, 5) is 16.3. The van der Waals surface area contributed by atoms with Gasteiger partial charge in [0.25, 0.3) is 0 Å². The quantitative estimate of drug-likeness (QED) is 0.664. The van der Waals surface area contributed by atoms with Crippen LogP contribution in [0.15, 0.2) is 72.9 Å². The largest absolute Gasteiger partial charge is 0.380 e. The van der Waals surface area contributed by atoms with Crippen LogP contribution in [0.2, 0.25) is 0 Å². The Morgan fingerprint density at radius 2 is 1.69 bits per heavy atom. The summed E-state index contributed by atoms with van der Waals surface area (Å²) >= 11 is 0. The van der Waals surface area contributed by atoms with Crippen LogP contribution in [0.1, 0.15) is 17.5 Å². The van der Waals surface area contributed by atoms with E-state index in [2.05, 4.69) is 15.6 Å². The summed E-state index contributed by atoms with van der Waals surface area (Å²) in [7, 11) is 0. The van der Waals surface area contributed by atoms with Crippen LogP contribution >= 0.6 is 0 Å². The first-order chi connectivity index (χ1) is 12.7. The number of amides is 1. The molecule has 0 aliphatic heterocycles. The van der Waals surface area contributed by atoms with Crippen molar-refractivity contribution in [1.29, 1.82) is 0 Å². The van der Waals surface area contributed by atoms with Crippen molar-refractivity contribution in [2.24, 2.45) is 0 Å². The molecule has 0 radical (unpaired) electrons. The molecule has 0 aliphatic carbocycles. The molecule has 0 bridgehead atoms. The van der Waals surface area contributed by atoms with E-state index in [-0.39, 0.29) is 11.7 Å². The molecular weight excluding hydrogens is 329 g/mol. The van der Waals surface area contributed by atoms with E-state index in [0.29, 0.717) is 25.2 Å². The highest BCUT2D eigenvalue weighted by molar-refractivity contribution is 5.89. The lowest BCUT2D eigenvalue weighted by molar-refractivity contribution is -0.116. The van der Waals surface area contributed by atoms with Crippen LogP contribution in [0, 0.1) is 5.82 Å². The molecule has 0 unspecified atom stereocenters. The molecule has 3 rings (SSSR count). The van der Waals surface area contributed by atoms with Crippen molar-refractivity contribution in [3.63, 3.8) is 0 Å². The molecule has 0 saturated carbocycles. The Hall–Kier alpha value is -3.21. The Balaban J connectivity index is 1.46. The number of nitrogens with zero attached hydrogens (tertiary/aromatic N) is 1. The van der Waals surface area contributed by atoms with Crippen LogP contribution < -0.4 is 10.6 Å². The Labute approximate surface area is 152 Å². The molecule has 1 heterocycles. The Kier molecular flexibility index (Phi) is 5.93. The molecule has 5 heteroatoms. The summed E-state index contributed by atoms with van der Waals surface area (Å²) in [5, 5.41) is 6.01. The fourth-order valence-electron chi connectivity index (χ4n) is 2.49. The minimum Gasteiger partial charge on any atom is -0.380 e. The van der Waals surface area contributed by atoms with Gasteiger partial charge in [0.05, 0.1) is 11.9 Å². The van der Waals surface area contributed by atoms with Gasteiger partial charge < -0.3 is 10.6 Å². The lowest BCUT2D eigenvalue weighted by Crippen LogP contribution is -2.13. The summed E-state index contributed by atoms with van der Waals surface area (Å²) in [5.41, 5.74) is 2.94. The standard InChI is InChI=1S/C21H20FN3O/c22-18-9-6-17(7-10-18)14-23-19-11-12-20(24-15-19)25-21(26)13-8-16-4-2-1-3-5-16/h1-7,9-12,15,23H,8,13-14H2,(H,24,25,26). The number of hydrogen-bond donors (Lipinski definition) is 2. The number of aryl methyl sites for hydroxylation is 1. The second-order valence-corrected chi connectivity index (χ2v) is 5.95. The van der Waals surface area contributed by atoms with E-state index in [4.69, 9.17) is 0 Å². The molecule has 1 aromatic heterocycles. The van der Waals surface area contributed by atoms with E-state index >= 15 is 0 Å². The second kappa shape index (κ2) is 8.76. The predicted octanol–water partition coefficient (Wildman–Crippen LogP) is 4.40. The number of anilines is 2. The normalized spacial score (nSPS) is 10.3. The second-order valence-electron chi connectivity index (χ2n) is 5.95. The molecule has 1 amide bonds. The first-order valence-corrected chi connectivity index (χ1v) is 8.47. The van der Waals surface area contributed by atoms with Crippen molar-refractivity contribution in [1.82, 2.24) is 4.98 Å². The highest BCUT2D eigenvalue weighted by atomic mass is 19.1. The van der Waals surface area contributed by atoms with Gasteiger partial charge in [-0.1, -0.05) is 42.5 Å². The highest BCUT2D eigenvalue weighted by Crippen LogP contribution is 2.12. The van der Waals surface area contributed by atoms with E-state index in [9.17, 15) is 9.18 Å². The number of nitrogens with one attached hydrogen (secondary N) is 2. The molecule has 0 spiro atoms. The minimum absolute atomic E-state index is 0.0617. The third kappa shape index (κ3) is 5.41. The van der Waals surface area contributed by atoms with Crippen LogP contribution in [0.4, 0.5) is 15.9 Å². The van der Waals surface area contributed by atoms with E-state index < -0.39 is 0 Å². The average molecular weight is 349 g/mol. The Morgan fingerprint density at radius 3 is 2.38 bits per heavy atom. The van der Waals surface area contributed by atoms with Crippen molar-refractivity contribution >= 4 is 17.4 Å². The van der Waals surface area contributed by atoms with Crippen molar-refractivity contribution in [3.05, 3.63) is 89.9 Å². The lowest BCUT2D eigenvalue weighted by Gasteiger charge is -2.08. The van der Waals surface area contributed by atoms with Gasteiger partial charge in [-0.3, -0.25) is 4.79 Å². The third-order valence-electron chi connectivity index (χ3n) is 3.92. The maximum atomic E-state index is 12.9. The summed E-state index contributed by atoms with van der Waals surface area (Å²) < 4.78 is 12.9. The first-order valence-electron chi connectivity index (χ1n) is 8.47. The number of rotatable bonds is 7. The van der Waals surface area contributed by atoms with E-state index in [1.807, 2.05) is 36.4 Å². The fraction of sp³-hybridized carbons (Fsp3) is 0.143. The minimum atomic E-state index is -0.247. The molecule has 2 N–H and O–H groups in total. The van der Waals surface area contributed by atoms with Gasteiger partial charge in [0.2, 0.25) is 5.91 Å². The molecule has 4 nitrogen and oxygen atoms in total. The highest BCUT2D eigenvalue weighted by Gasteiger charge is 2.04.